The summed E-state index contributed by atoms with van der Waals surface area (Å²) in [6.07, 6.45) is 2.15. The molecule has 2 aromatic carbocycles. The highest BCUT2D eigenvalue weighted by Gasteiger charge is 2.09. The maximum absolute atomic E-state index is 12.8. The first kappa shape index (κ1) is 18.0. The van der Waals surface area contributed by atoms with E-state index in [9.17, 15) is 9.59 Å². The monoisotopic (exact) mass is 413 g/mol. The van der Waals surface area contributed by atoms with E-state index in [1.165, 1.54) is 11.6 Å². The van der Waals surface area contributed by atoms with Crippen molar-refractivity contribution >= 4 is 39.0 Å². The number of halogens is 1. The van der Waals surface area contributed by atoms with E-state index < -0.39 is 0 Å². The molecule has 26 heavy (non-hydrogen) atoms. The molecule has 0 aliphatic heterocycles. The van der Waals surface area contributed by atoms with Gasteiger partial charge in [-0.25, -0.2) is 4.98 Å². The van der Waals surface area contributed by atoms with Crippen molar-refractivity contribution in [1.82, 2.24) is 9.66 Å². The number of hydrogen-bond donors (Lipinski definition) is 0. The van der Waals surface area contributed by atoms with E-state index in [1.54, 1.807) is 36.5 Å². The predicted octanol–water partition coefficient (Wildman–Crippen LogP) is 3.53. The zero-order valence-corrected chi connectivity index (χ0v) is 15.9. The van der Waals surface area contributed by atoms with Gasteiger partial charge >= 0.3 is 5.97 Å². The molecule has 0 N–H and O–H groups in total. The third kappa shape index (κ3) is 3.88. The fraction of sp³-hybridized carbons (Fsp3) is 0.158. The Bertz CT molecular complexity index is 1060. The van der Waals surface area contributed by atoms with Gasteiger partial charge in [0.1, 0.15) is 11.6 Å². The number of nitrogens with zero attached hydrogens (tertiary/aromatic N) is 3. The summed E-state index contributed by atoms with van der Waals surface area (Å²) in [5, 5.41) is 4.81. The Kier molecular flexibility index (Phi) is 5.27. The first-order valence-corrected chi connectivity index (χ1v) is 8.81. The molecule has 0 aliphatic rings. The molecule has 0 atom stereocenters. The summed E-state index contributed by atoms with van der Waals surface area (Å²) in [4.78, 5) is 28.3. The molecule has 3 aromatic rings. The molecule has 0 saturated heterocycles. The Labute approximate surface area is 158 Å². The average Bonchev–Trinajstić information content (AvgIpc) is 2.62. The van der Waals surface area contributed by atoms with Gasteiger partial charge in [0.15, 0.2) is 0 Å². The summed E-state index contributed by atoms with van der Waals surface area (Å²) in [6.45, 7) is 3.27. The van der Waals surface area contributed by atoms with Crippen LogP contribution in [0.5, 0.6) is 5.75 Å². The molecular weight excluding hydrogens is 398 g/mol. The van der Waals surface area contributed by atoms with Gasteiger partial charge in [-0.3, -0.25) is 9.59 Å². The standard InChI is InChI=1S/C19H16BrN3O3/c1-3-18-22-17-9-6-14(20)10-16(17)19(25)23(18)21-11-13-4-7-15(8-5-13)26-12(2)24/h4-11H,3H2,1-2H3. The van der Waals surface area contributed by atoms with E-state index in [1.807, 2.05) is 19.1 Å². The van der Waals surface area contributed by atoms with Crippen molar-refractivity contribution in [3.8, 4) is 5.75 Å². The SMILES string of the molecule is CCc1nc2ccc(Br)cc2c(=O)n1N=Cc1ccc(OC(C)=O)cc1. The molecule has 6 nitrogen and oxygen atoms in total. The molecule has 0 amide bonds. The Morgan fingerprint density at radius 2 is 2.00 bits per heavy atom. The molecule has 0 fully saturated rings. The Morgan fingerprint density at radius 3 is 2.65 bits per heavy atom. The topological polar surface area (TPSA) is 73.6 Å². The first-order valence-electron chi connectivity index (χ1n) is 8.02. The first-order chi connectivity index (χ1) is 12.5. The van der Waals surface area contributed by atoms with Crippen molar-refractivity contribution < 1.29 is 9.53 Å². The lowest BCUT2D eigenvalue weighted by atomic mass is 10.2. The summed E-state index contributed by atoms with van der Waals surface area (Å²) in [6, 6.07) is 12.2. The highest BCUT2D eigenvalue weighted by Crippen LogP contribution is 2.16. The van der Waals surface area contributed by atoms with Gasteiger partial charge in [-0.05, 0) is 48.0 Å². The quantitative estimate of drug-likeness (QED) is 0.372. The van der Waals surface area contributed by atoms with Crippen LogP contribution in [0, 0.1) is 0 Å². The maximum Gasteiger partial charge on any atom is 0.308 e. The van der Waals surface area contributed by atoms with Crippen LogP contribution in [0.2, 0.25) is 0 Å². The summed E-state index contributed by atoms with van der Waals surface area (Å²) in [5.41, 5.74) is 1.19. The minimum Gasteiger partial charge on any atom is -0.427 e. The molecular formula is C19H16BrN3O3. The fourth-order valence-corrected chi connectivity index (χ4v) is 2.82. The van der Waals surface area contributed by atoms with Crippen molar-refractivity contribution in [2.24, 2.45) is 5.10 Å². The van der Waals surface area contributed by atoms with Gasteiger partial charge in [0, 0.05) is 17.8 Å². The molecule has 7 heteroatoms. The molecule has 0 unspecified atom stereocenters. The zero-order valence-electron chi connectivity index (χ0n) is 14.3. The average molecular weight is 414 g/mol. The van der Waals surface area contributed by atoms with Crippen molar-refractivity contribution in [2.75, 3.05) is 0 Å². The number of aromatic nitrogens is 2. The predicted molar refractivity (Wildman–Crippen MR) is 104 cm³/mol. The number of hydrogen-bond acceptors (Lipinski definition) is 5. The summed E-state index contributed by atoms with van der Waals surface area (Å²) in [7, 11) is 0. The van der Waals surface area contributed by atoms with Gasteiger partial charge < -0.3 is 4.74 Å². The van der Waals surface area contributed by atoms with Crippen molar-refractivity contribution in [2.45, 2.75) is 20.3 Å². The molecule has 0 aliphatic carbocycles. The van der Waals surface area contributed by atoms with Crippen LogP contribution in [0.25, 0.3) is 10.9 Å². The van der Waals surface area contributed by atoms with Gasteiger partial charge in [-0.15, -0.1) is 0 Å². The number of ether oxygens (including phenoxy) is 1. The van der Waals surface area contributed by atoms with Crippen LogP contribution < -0.4 is 10.3 Å². The van der Waals surface area contributed by atoms with Crippen LogP contribution in [-0.4, -0.2) is 21.8 Å². The summed E-state index contributed by atoms with van der Waals surface area (Å²) < 4.78 is 7.12. The molecule has 0 saturated carbocycles. The smallest absolute Gasteiger partial charge is 0.308 e. The van der Waals surface area contributed by atoms with Gasteiger partial charge in [-0.2, -0.15) is 9.78 Å². The zero-order chi connectivity index (χ0) is 18.7. The second kappa shape index (κ2) is 7.61. The number of aryl methyl sites for hydroxylation is 1. The Morgan fingerprint density at radius 1 is 1.27 bits per heavy atom. The maximum atomic E-state index is 12.8. The van der Waals surface area contributed by atoms with E-state index in [0.717, 1.165) is 10.0 Å². The van der Waals surface area contributed by atoms with Crippen molar-refractivity contribution in [1.29, 1.82) is 0 Å². The molecule has 0 radical (unpaired) electrons. The van der Waals surface area contributed by atoms with E-state index in [2.05, 4.69) is 26.0 Å². The Hall–Kier alpha value is -2.80. The number of carbonyl (C=O) groups is 1. The third-order valence-electron chi connectivity index (χ3n) is 3.66. The van der Waals surface area contributed by atoms with Crippen LogP contribution >= 0.6 is 15.9 Å². The number of fused-ring (bicyclic) bond motifs is 1. The highest BCUT2D eigenvalue weighted by molar-refractivity contribution is 9.10. The number of carbonyl (C=O) groups excluding carboxylic acids is 1. The largest absolute Gasteiger partial charge is 0.427 e. The van der Waals surface area contributed by atoms with Gasteiger partial charge in [-0.1, -0.05) is 22.9 Å². The normalized spacial score (nSPS) is 11.2. The lowest BCUT2D eigenvalue weighted by molar-refractivity contribution is -0.131. The van der Waals surface area contributed by atoms with Crippen LogP contribution in [0.1, 0.15) is 25.2 Å². The van der Waals surface area contributed by atoms with E-state index >= 15 is 0 Å². The van der Waals surface area contributed by atoms with Gasteiger partial charge in [0.05, 0.1) is 17.1 Å². The molecule has 0 spiro atoms. The van der Waals surface area contributed by atoms with E-state index in [-0.39, 0.29) is 11.5 Å². The number of esters is 1. The van der Waals surface area contributed by atoms with Crippen LogP contribution in [-0.2, 0) is 11.2 Å². The highest BCUT2D eigenvalue weighted by atomic mass is 79.9. The lowest BCUT2D eigenvalue weighted by Crippen LogP contribution is -2.22. The molecule has 1 heterocycles. The van der Waals surface area contributed by atoms with Gasteiger partial charge in [0.2, 0.25) is 0 Å². The minimum absolute atomic E-state index is 0.221. The van der Waals surface area contributed by atoms with Crippen molar-refractivity contribution in [3.05, 3.63) is 68.7 Å². The third-order valence-corrected chi connectivity index (χ3v) is 4.15. The lowest BCUT2D eigenvalue weighted by Gasteiger charge is -2.07. The van der Waals surface area contributed by atoms with Crippen LogP contribution in [0.15, 0.2) is 56.8 Å². The van der Waals surface area contributed by atoms with Crippen LogP contribution in [0.3, 0.4) is 0 Å². The molecule has 1 aromatic heterocycles. The second-order valence-electron chi connectivity index (χ2n) is 5.57. The Balaban J connectivity index is 1.99. The van der Waals surface area contributed by atoms with E-state index in [0.29, 0.717) is 28.9 Å². The second-order valence-corrected chi connectivity index (χ2v) is 6.48. The number of benzene rings is 2. The summed E-state index contributed by atoms with van der Waals surface area (Å²) in [5.74, 6) is 0.662. The molecule has 132 valence electrons. The van der Waals surface area contributed by atoms with Crippen molar-refractivity contribution in [3.63, 3.8) is 0 Å². The fourth-order valence-electron chi connectivity index (χ4n) is 2.45. The van der Waals surface area contributed by atoms with Crippen LogP contribution in [0.4, 0.5) is 0 Å². The molecule has 3 rings (SSSR count). The minimum atomic E-state index is -0.376. The number of rotatable bonds is 4. The van der Waals surface area contributed by atoms with E-state index in [4.69, 9.17) is 4.74 Å². The summed E-state index contributed by atoms with van der Waals surface area (Å²) >= 11 is 3.38. The molecule has 0 bridgehead atoms. The van der Waals surface area contributed by atoms with Gasteiger partial charge in [0.25, 0.3) is 5.56 Å².